The Balaban J connectivity index is 1.21. The van der Waals surface area contributed by atoms with E-state index < -0.39 is 0 Å². The molecule has 1 amide bonds. The summed E-state index contributed by atoms with van der Waals surface area (Å²) >= 11 is 0. The van der Waals surface area contributed by atoms with Crippen LogP contribution >= 0.6 is 0 Å². The van der Waals surface area contributed by atoms with Crippen molar-refractivity contribution in [2.24, 2.45) is 22.9 Å². The minimum absolute atomic E-state index is 0.211. The summed E-state index contributed by atoms with van der Waals surface area (Å²) in [4.78, 5) is 12.8. The van der Waals surface area contributed by atoms with Crippen molar-refractivity contribution in [2.45, 2.75) is 50.9 Å². The number of carbonyl (C=O) groups is 1. The van der Waals surface area contributed by atoms with E-state index in [0.717, 1.165) is 45.5 Å². The van der Waals surface area contributed by atoms with Gasteiger partial charge in [-0.15, -0.1) is 0 Å². The van der Waals surface area contributed by atoms with Crippen LogP contribution in [0.25, 0.3) is 10.8 Å². The van der Waals surface area contributed by atoms with Gasteiger partial charge in [-0.1, -0.05) is 42.5 Å². The first-order chi connectivity index (χ1) is 15.1. The van der Waals surface area contributed by atoms with Crippen molar-refractivity contribution >= 4 is 22.4 Å². The van der Waals surface area contributed by atoms with Crippen molar-refractivity contribution in [3.63, 3.8) is 0 Å². The Hall–Kier alpha value is -2.95. The molecular formula is C26H28N4O. The predicted octanol–water partition coefficient (Wildman–Crippen LogP) is 5.18. The summed E-state index contributed by atoms with van der Waals surface area (Å²) < 4.78 is 0. The van der Waals surface area contributed by atoms with Gasteiger partial charge in [-0.2, -0.15) is 10.2 Å². The zero-order chi connectivity index (χ0) is 21.0. The third-order valence-electron chi connectivity index (χ3n) is 7.92. The first-order valence-electron chi connectivity index (χ1n) is 11.5. The lowest BCUT2D eigenvalue weighted by atomic mass is 9.49. The smallest absolute Gasteiger partial charge is 0.281 e. The second-order valence-electron chi connectivity index (χ2n) is 10.0. The standard InChI is InChI=1S/C26H28N4O/c1-16(21-8-4-6-20-5-2-3-7-22(20)21)27-30-25(31)23-12-24(29-28-23)26-13-17-9-18(14-26)11-19(10-17)15-26/h2-8,12,17-19H,9-11,13-15H2,1H3,(H,28,29)(H,30,31)/b27-16+. The minimum Gasteiger partial charge on any atom is -0.281 e. The molecule has 2 aromatic carbocycles. The molecule has 0 saturated heterocycles. The molecule has 0 aliphatic heterocycles. The van der Waals surface area contributed by atoms with Crippen LogP contribution in [0, 0.1) is 17.8 Å². The third kappa shape index (κ3) is 3.18. The Morgan fingerprint density at radius 1 is 1.03 bits per heavy atom. The van der Waals surface area contributed by atoms with E-state index in [0.29, 0.717) is 5.69 Å². The molecular weight excluding hydrogens is 384 g/mol. The molecule has 1 aromatic heterocycles. The summed E-state index contributed by atoms with van der Waals surface area (Å²) in [6.07, 6.45) is 7.97. The van der Waals surface area contributed by atoms with Gasteiger partial charge < -0.3 is 0 Å². The number of nitrogens with one attached hydrogen (secondary N) is 2. The molecule has 0 spiro atoms. The monoisotopic (exact) mass is 412 g/mol. The molecule has 158 valence electrons. The molecule has 0 radical (unpaired) electrons. The predicted molar refractivity (Wildman–Crippen MR) is 122 cm³/mol. The molecule has 4 aliphatic rings. The average Bonchev–Trinajstić information content (AvgIpc) is 3.27. The Labute approximate surface area is 182 Å². The number of benzene rings is 2. The minimum atomic E-state index is -0.258. The molecule has 2 N–H and O–H groups in total. The van der Waals surface area contributed by atoms with E-state index in [1.807, 2.05) is 37.3 Å². The zero-order valence-corrected chi connectivity index (χ0v) is 17.9. The van der Waals surface area contributed by atoms with E-state index in [1.54, 1.807) is 0 Å². The van der Waals surface area contributed by atoms with Crippen molar-refractivity contribution in [3.05, 3.63) is 65.5 Å². The van der Waals surface area contributed by atoms with Crippen LogP contribution in [0.5, 0.6) is 0 Å². The van der Waals surface area contributed by atoms with Gasteiger partial charge in [-0.05, 0) is 80.0 Å². The SMILES string of the molecule is C/C(=N\NC(=O)c1cc(C23CC4CC(CC(C4)C2)C3)[nH]n1)c1cccc2ccccc12. The van der Waals surface area contributed by atoms with Crippen molar-refractivity contribution in [2.75, 3.05) is 0 Å². The fraction of sp³-hybridized carbons (Fsp3) is 0.423. The summed E-state index contributed by atoms with van der Waals surface area (Å²) in [6.45, 7) is 1.92. The summed E-state index contributed by atoms with van der Waals surface area (Å²) in [6, 6.07) is 16.3. The Morgan fingerprint density at radius 2 is 1.71 bits per heavy atom. The van der Waals surface area contributed by atoms with E-state index in [9.17, 15) is 4.79 Å². The lowest BCUT2D eigenvalue weighted by Gasteiger charge is -2.56. The van der Waals surface area contributed by atoms with Crippen molar-refractivity contribution in [1.29, 1.82) is 0 Å². The molecule has 5 nitrogen and oxygen atoms in total. The lowest BCUT2D eigenvalue weighted by Crippen LogP contribution is -2.48. The molecule has 31 heavy (non-hydrogen) atoms. The van der Waals surface area contributed by atoms with Crippen LogP contribution in [0.1, 0.15) is 67.2 Å². The van der Waals surface area contributed by atoms with Crippen molar-refractivity contribution < 1.29 is 4.79 Å². The van der Waals surface area contributed by atoms with Crippen molar-refractivity contribution in [3.8, 4) is 0 Å². The Bertz CT molecular complexity index is 1150. The Kier molecular flexibility index (Phi) is 4.27. The molecule has 4 aliphatic carbocycles. The fourth-order valence-electron chi connectivity index (χ4n) is 6.94. The highest BCUT2D eigenvalue weighted by atomic mass is 16.2. The maximum Gasteiger partial charge on any atom is 0.291 e. The van der Waals surface area contributed by atoms with E-state index in [2.05, 4.69) is 38.9 Å². The van der Waals surface area contributed by atoms with Crippen LogP contribution < -0.4 is 5.43 Å². The van der Waals surface area contributed by atoms with Gasteiger partial charge >= 0.3 is 0 Å². The summed E-state index contributed by atoms with van der Waals surface area (Å²) in [5, 5.41) is 14.3. The number of rotatable bonds is 4. The number of hydrazone groups is 1. The van der Waals surface area contributed by atoms with Gasteiger partial charge in [-0.25, -0.2) is 5.43 Å². The first-order valence-corrected chi connectivity index (χ1v) is 11.5. The van der Waals surface area contributed by atoms with Gasteiger partial charge in [0.25, 0.3) is 5.91 Å². The summed E-state index contributed by atoms with van der Waals surface area (Å²) in [5.41, 5.74) is 6.32. The normalized spacial score (nSPS) is 29.5. The van der Waals surface area contributed by atoms with Gasteiger partial charge in [0.15, 0.2) is 5.69 Å². The van der Waals surface area contributed by atoms with E-state index in [4.69, 9.17) is 0 Å². The van der Waals surface area contributed by atoms with Gasteiger partial charge in [0.1, 0.15) is 0 Å². The van der Waals surface area contributed by atoms with Gasteiger partial charge in [0, 0.05) is 16.7 Å². The maximum atomic E-state index is 12.8. The number of amides is 1. The van der Waals surface area contributed by atoms with E-state index in [-0.39, 0.29) is 11.3 Å². The lowest BCUT2D eigenvalue weighted by molar-refractivity contribution is -0.00721. The molecule has 5 heteroatoms. The molecule has 0 unspecified atom stereocenters. The highest BCUT2D eigenvalue weighted by molar-refractivity contribution is 6.10. The zero-order valence-electron chi connectivity index (χ0n) is 17.9. The van der Waals surface area contributed by atoms with Crippen molar-refractivity contribution in [1.82, 2.24) is 15.6 Å². The number of nitrogens with zero attached hydrogens (tertiary/aromatic N) is 2. The molecule has 0 atom stereocenters. The number of aromatic nitrogens is 2. The molecule has 7 rings (SSSR count). The van der Waals surface area contributed by atoms with Crippen LogP contribution in [-0.4, -0.2) is 21.8 Å². The molecule has 4 fully saturated rings. The van der Waals surface area contributed by atoms with Crippen LogP contribution in [0.15, 0.2) is 53.6 Å². The maximum absolute atomic E-state index is 12.8. The largest absolute Gasteiger partial charge is 0.291 e. The van der Waals surface area contributed by atoms with Gasteiger partial charge in [0.05, 0.1) is 5.71 Å². The van der Waals surface area contributed by atoms with Gasteiger partial charge in [-0.3, -0.25) is 9.89 Å². The van der Waals surface area contributed by atoms with Crippen LogP contribution in [0.2, 0.25) is 0 Å². The summed E-state index contributed by atoms with van der Waals surface area (Å²) in [5.74, 6) is 2.33. The van der Waals surface area contributed by atoms with Crippen LogP contribution in [0.3, 0.4) is 0 Å². The first kappa shape index (κ1) is 18.8. The fourth-order valence-corrected chi connectivity index (χ4v) is 6.94. The number of hydrogen-bond donors (Lipinski definition) is 2. The topological polar surface area (TPSA) is 70.1 Å². The number of carbonyl (C=O) groups excluding carboxylic acids is 1. The number of aromatic amines is 1. The molecule has 4 bridgehead atoms. The highest BCUT2D eigenvalue weighted by Crippen LogP contribution is 2.60. The van der Waals surface area contributed by atoms with Crippen LogP contribution in [-0.2, 0) is 5.41 Å². The number of fused-ring (bicyclic) bond motifs is 1. The molecule has 1 heterocycles. The average molecular weight is 413 g/mol. The second kappa shape index (κ2) is 7.04. The van der Waals surface area contributed by atoms with E-state index in [1.165, 1.54) is 38.5 Å². The molecule has 3 aromatic rings. The third-order valence-corrected chi connectivity index (χ3v) is 7.92. The van der Waals surface area contributed by atoms with Gasteiger partial charge in [0.2, 0.25) is 0 Å². The quantitative estimate of drug-likeness (QED) is 0.458. The van der Waals surface area contributed by atoms with E-state index >= 15 is 0 Å². The number of H-pyrrole nitrogens is 1. The highest BCUT2D eigenvalue weighted by Gasteiger charge is 2.52. The van der Waals surface area contributed by atoms with Crippen LogP contribution in [0.4, 0.5) is 0 Å². The second-order valence-corrected chi connectivity index (χ2v) is 10.0. The summed E-state index contributed by atoms with van der Waals surface area (Å²) in [7, 11) is 0. The Morgan fingerprint density at radius 3 is 2.45 bits per heavy atom. The molecule has 4 saturated carbocycles. The number of hydrogen-bond acceptors (Lipinski definition) is 3.